The van der Waals surface area contributed by atoms with Crippen molar-refractivity contribution in [3.63, 3.8) is 0 Å². The molecule has 1 N–H and O–H groups in total. The molecular formula is C19H21NO4S. The van der Waals surface area contributed by atoms with E-state index in [-0.39, 0.29) is 22.4 Å². The van der Waals surface area contributed by atoms with Gasteiger partial charge in [0.15, 0.2) is 9.84 Å². The van der Waals surface area contributed by atoms with Crippen LogP contribution in [0.15, 0.2) is 53.4 Å². The second kappa shape index (κ2) is 6.88. The van der Waals surface area contributed by atoms with E-state index in [0.29, 0.717) is 13.0 Å². The van der Waals surface area contributed by atoms with Crippen LogP contribution in [-0.4, -0.2) is 26.2 Å². The van der Waals surface area contributed by atoms with Gasteiger partial charge in [0.1, 0.15) is 5.75 Å². The molecule has 0 bridgehead atoms. The number of sulfone groups is 1. The lowest BCUT2D eigenvalue weighted by Crippen LogP contribution is -2.33. The third-order valence-corrected chi connectivity index (χ3v) is 6.53. The molecule has 5 nitrogen and oxygen atoms in total. The van der Waals surface area contributed by atoms with Crippen LogP contribution in [0.4, 0.5) is 0 Å². The predicted octanol–water partition coefficient (Wildman–Crippen LogP) is 3.12. The van der Waals surface area contributed by atoms with Gasteiger partial charge in [-0.1, -0.05) is 30.3 Å². The summed E-state index contributed by atoms with van der Waals surface area (Å²) in [4.78, 5) is 12.9. The van der Waals surface area contributed by atoms with Gasteiger partial charge in [0, 0.05) is 12.0 Å². The summed E-state index contributed by atoms with van der Waals surface area (Å²) in [6.45, 7) is 3.73. The van der Waals surface area contributed by atoms with Crippen LogP contribution in [0.5, 0.6) is 5.75 Å². The van der Waals surface area contributed by atoms with E-state index in [0.717, 1.165) is 11.3 Å². The van der Waals surface area contributed by atoms with Gasteiger partial charge in [0.2, 0.25) is 0 Å². The van der Waals surface area contributed by atoms with E-state index in [4.69, 9.17) is 4.74 Å². The fourth-order valence-corrected chi connectivity index (χ4v) is 4.13. The van der Waals surface area contributed by atoms with E-state index in [1.807, 2.05) is 24.3 Å². The molecule has 132 valence electrons. The van der Waals surface area contributed by atoms with E-state index < -0.39 is 15.1 Å². The summed E-state index contributed by atoms with van der Waals surface area (Å²) >= 11 is 0. The summed E-state index contributed by atoms with van der Waals surface area (Å²) < 4.78 is 30.7. The molecule has 6 heteroatoms. The normalized spacial score (nSPS) is 16.8. The first-order valence-electron chi connectivity index (χ1n) is 8.27. The lowest BCUT2D eigenvalue weighted by Gasteiger charge is -2.27. The Hall–Kier alpha value is -2.34. The smallest absolute Gasteiger partial charge is 0.253 e. The third-order valence-electron chi connectivity index (χ3n) is 4.32. The molecule has 2 aromatic rings. The van der Waals surface area contributed by atoms with Crippen molar-refractivity contribution in [2.24, 2.45) is 0 Å². The van der Waals surface area contributed by atoms with Crippen molar-refractivity contribution in [3.05, 3.63) is 59.7 Å². The molecule has 1 heterocycles. The molecule has 1 aliphatic rings. The van der Waals surface area contributed by atoms with Gasteiger partial charge in [-0.2, -0.15) is 0 Å². The molecule has 0 aromatic heterocycles. The van der Waals surface area contributed by atoms with Crippen LogP contribution in [0.1, 0.15) is 42.2 Å². The largest absolute Gasteiger partial charge is 0.493 e. The summed E-state index contributed by atoms with van der Waals surface area (Å²) in [7, 11) is -3.54. The van der Waals surface area contributed by atoms with Crippen molar-refractivity contribution in [1.82, 2.24) is 5.32 Å². The maximum absolute atomic E-state index is 12.8. The Morgan fingerprint density at radius 2 is 1.80 bits per heavy atom. The highest BCUT2D eigenvalue weighted by Crippen LogP contribution is 2.32. The van der Waals surface area contributed by atoms with Gasteiger partial charge in [-0.15, -0.1) is 0 Å². The van der Waals surface area contributed by atoms with Crippen LogP contribution < -0.4 is 10.1 Å². The first kappa shape index (κ1) is 17.5. The first-order valence-corrected chi connectivity index (χ1v) is 9.81. The first-order chi connectivity index (χ1) is 11.9. The minimum atomic E-state index is -3.54. The summed E-state index contributed by atoms with van der Waals surface area (Å²) in [6.07, 6.45) is 0.641. The number of hydrogen-bond donors (Lipinski definition) is 1. The van der Waals surface area contributed by atoms with Crippen molar-refractivity contribution in [2.45, 2.75) is 36.5 Å². The molecule has 1 unspecified atom stereocenters. The van der Waals surface area contributed by atoms with E-state index in [1.165, 1.54) is 6.07 Å². The number of carbonyl (C=O) groups is 1. The second-order valence-electron chi connectivity index (χ2n) is 6.29. The van der Waals surface area contributed by atoms with Crippen LogP contribution in [-0.2, 0) is 9.84 Å². The molecule has 3 rings (SSSR count). The minimum absolute atomic E-state index is 0.0721. The monoisotopic (exact) mass is 359 g/mol. The van der Waals surface area contributed by atoms with Crippen LogP contribution in [0, 0.1) is 0 Å². The number of para-hydroxylation sites is 1. The molecule has 0 fully saturated rings. The van der Waals surface area contributed by atoms with Crippen molar-refractivity contribution in [3.8, 4) is 5.75 Å². The number of fused-ring (bicyclic) bond motifs is 1. The molecular weight excluding hydrogens is 338 g/mol. The highest BCUT2D eigenvalue weighted by molar-refractivity contribution is 7.92. The van der Waals surface area contributed by atoms with Crippen molar-refractivity contribution < 1.29 is 17.9 Å². The molecule has 0 radical (unpaired) electrons. The lowest BCUT2D eigenvalue weighted by atomic mass is 10.00. The van der Waals surface area contributed by atoms with Gasteiger partial charge < -0.3 is 10.1 Å². The number of nitrogens with one attached hydrogen (secondary N) is 1. The number of ether oxygens (including phenoxy) is 1. The van der Waals surface area contributed by atoms with Crippen molar-refractivity contribution in [2.75, 3.05) is 6.61 Å². The zero-order valence-electron chi connectivity index (χ0n) is 14.2. The topological polar surface area (TPSA) is 72.5 Å². The summed E-state index contributed by atoms with van der Waals surface area (Å²) in [5.74, 6) is 0.365. The summed E-state index contributed by atoms with van der Waals surface area (Å²) in [6, 6.07) is 13.7. The number of carbonyl (C=O) groups excluding carboxylic acids is 1. The molecule has 1 aliphatic heterocycles. The highest BCUT2D eigenvalue weighted by atomic mass is 32.2. The van der Waals surface area contributed by atoms with Gasteiger partial charge in [-0.25, -0.2) is 8.42 Å². The Balaban J connectivity index is 1.92. The molecule has 2 aromatic carbocycles. The zero-order chi connectivity index (χ0) is 18.0. The molecule has 1 atom stereocenters. The van der Waals surface area contributed by atoms with Gasteiger partial charge in [0.25, 0.3) is 5.91 Å². The SMILES string of the molecule is CC(C)S(=O)(=O)c1ccccc1C(=O)NC1CCOc2ccccc21. The quantitative estimate of drug-likeness (QED) is 0.910. The molecule has 0 aliphatic carbocycles. The van der Waals surface area contributed by atoms with E-state index in [2.05, 4.69) is 5.32 Å². The zero-order valence-corrected chi connectivity index (χ0v) is 15.0. The molecule has 1 amide bonds. The van der Waals surface area contributed by atoms with Crippen molar-refractivity contribution >= 4 is 15.7 Å². The maximum Gasteiger partial charge on any atom is 0.253 e. The fourth-order valence-electron chi connectivity index (χ4n) is 2.88. The predicted molar refractivity (Wildman–Crippen MR) is 95.5 cm³/mol. The minimum Gasteiger partial charge on any atom is -0.493 e. The van der Waals surface area contributed by atoms with Crippen molar-refractivity contribution in [1.29, 1.82) is 0 Å². The van der Waals surface area contributed by atoms with Crippen LogP contribution in [0.2, 0.25) is 0 Å². The summed E-state index contributed by atoms with van der Waals surface area (Å²) in [5, 5.41) is 2.37. The van der Waals surface area contributed by atoms with Crippen LogP contribution >= 0.6 is 0 Å². The Bertz CT molecular complexity index is 890. The van der Waals surface area contributed by atoms with Gasteiger partial charge in [-0.05, 0) is 32.0 Å². The Morgan fingerprint density at radius 3 is 2.56 bits per heavy atom. The van der Waals surface area contributed by atoms with E-state index >= 15 is 0 Å². The van der Waals surface area contributed by atoms with Gasteiger partial charge in [-0.3, -0.25) is 4.79 Å². The molecule has 0 spiro atoms. The van der Waals surface area contributed by atoms with Crippen LogP contribution in [0.3, 0.4) is 0 Å². The average Bonchev–Trinajstić information content (AvgIpc) is 2.62. The van der Waals surface area contributed by atoms with E-state index in [9.17, 15) is 13.2 Å². The number of rotatable bonds is 4. The number of hydrogen-bond acceptors (Lipinski definition) is 4. The van der Waals surface area contributed by atoms with Gasteiger partial charge in [0.05, 0.1) is 28.4 Å². The lowest BCUT2D eigenvalue weighted by molar-refractivity contribution is 0.0921. The fraction of sp³-hybridized carbons (Fsp3) is 0.316. The third kappa shape index (κ3) is 3.39. The molecule has 25 heavy (non-hydrogen) atoms. The summed E-state index contributed by atoms with van der Waals surface area (Å²) in [5.41, 5.74) is 1.09. The van der Waals surface area contributed by atoms with Gasteiger partial charge >= 0.3 is 0 Å². The Morgan fingerprint density at radius 1 is 1.12 bits per heavy atom. The molecule has 0 saturated heterocycles. The Labute approximate surface area is 147 Å². The molecule has 0 saturated carbocycles. The average molecular weight is 359 g/mol. The number of amides is 1. The van der Waals surface area contributed by atoms with Crippen LogP contribution in [0.25, 0.3) is 0 Å². The standard InChI is InChI=1S/C19H21NO4S/c1-13(2)25(22,23)18-10-6-4-8-15(18)19(21)20-16-11-12-24-17-9-5-3-7-14(16)17/h3-10,13,16H,11-12H2,1-2H3,(H,20,21). The highest BCUT2D eigenvalue weighted by Gasteiger charge is 2.28. The maximum atomic E-state index is 12.8. The second-order valence-corrected chi connectivity index (χ2v) is 8.76. The number of benzene rings is 2. The van der Waals surface area contributed by atoms with E-state index in [1.54, 1.807) is 32.0 Å². The Kier molecular flexibility index (Phi) is 4.81.